The number of para-hydroxylation sites is 1. The number of hydrogen-bond donors (Lipinski definition) is 1. The summed E-state index contributed by atoms with van der Waals surface area (Å²) in [6, 6.07) is 12.3. The third-order valence-corrected chi connectivity index (χ3v) is 7.39. The van der Waals surface area contributed by atoms with E-state index < -0.39 is 11.7 Å². The SMILES string of the molecule is FC(F)(F)c1ccc2c(c1)N(CCCN1CCNCC1)c1ccccc1[Se]2. The predicted molar refractivity (Wildman–Crippen MR) is 104 cm³/mol. The normalized spacial score (nSPS) is 17.5. The Balaban J connectivity index is 1.59. The molecule has 3 nitrogen and oxygen atoms in total. The van der Waals surface area contributed by atoms with E-state index in [0.29, 0.717) is 0 Å². The van der Waals surface area contributed by atoms with Crippen molar-refractivity contribution in [3.63, 3.8) is 0 Å². The molecule has 0 amide bonds. The molecule has 1 saturated heterocycles. The molecule has 0 saturated carbocycles. The number of benzene rings is 2. The van der Waals surface area contributed by atoms with Crippen molar-refractivity contribution >= 4 is 35.3 Å². The number of hydrogen-bond acceptors (Lipinski definition) is 3. The van der Waals surface area contributed by atoms with Gasteiger partial charge in [0.05, 0.1) is 0 Å². The minimum absolute atomic E-state index is 0.0328. The zero-order chi connectivity index (χ0) is 18.9. The number of halogens is 3. The predicted octanol–water partition coefficient (Wildman–Crippen LogP) is 2.11. The third kappa shape index (κ3) is 4.16. The number of piperazine rings is 1. The van der Waals surface area contributed by atoms with Crippen LogP contribution in [-0.4, -0.2) is 59.1 Å². The number of nitrogens with one attached hydrogen (secondary N) is 1. The van der Waals surface area contributed by atoms with Crippen molar-refractivity contribution in [2.24, 2.45) is 0 Å². The summed E-state index contributed by atoms with van der Waals surface area (Å²) in [5.74, 6) is 0. The Morgan fingerprint density at radius 2 is 1.67 bits per heavy atom. The van der Waals surface area contributed by atoms with Crippen LogP contribution in [0.5, 0.6) is 0 Å². The second kappa shape index (κ2) is 7.84. The first-order valence-electron chi connectivity index (χ1n) is 9.21. The molecule has 2 heterocycles. The molecule has 27 heavy (non-hydrogen) atoms. The van der Waals surface area contributed by atoms with Crippen LogP contribution in [0.25, 0.3) is 0 Å². The van der Waals surface area contributed by atoms with Gasteiger partial charge in [0, 0.05) is 0 Å². The zero-order valence-corrected chi connectivity index (χ0v) is 16.6. The monoisotopic (exact) mass is 441 g/mol. The number of anilines is 2. The first-order valence-corrected chi connectivity index (χ1v) is 10.9. The second-order valence-corrected chi connectivity index (χ2v) is 9.12. The Morgan fingerprint density at radius 1 is 0.926 bits per heavy atom. The summed E-state index contributed by atoms with van der Waals surface area (Å²) < 4.78 is 42.0. The van der Waals surface area contributed by atoms with Gasteiger partial charge >= 0.3 is 163 Å². The summed E-state index contributed by atoms with van der Waals surface area (Å²) in [6.07, 6.45) is -3.39. The summed E-state index contributed by atoms with van der Waals surface area (Å²) in [6.45, 7) is 5.79. The first-order chi connectivity index (χ1) is 13.0. The van der Waals surface area contributed by atoms with Gasteiger partial charge in [-0.25, -0.2) is 0 Å². The van der Waals surface area contributed by atoms with Crippen LogP contribution in [0.15, 0.2) is 42.5 Å². The average molecular weight is 440 g/mol. The van der Waals surface area contributed by atoms with Crippen LogP contribution in [-0.2, 0) is 6.18 Å². The van der Waals surface area contributed by atoms with Crippen molar-refractivity contribution in [3.05, 3.63) is 48.0 Å². The molecule has 0 atom stereocenters. The fourth-order valence-electron chi connectivity index (χ4n) is 3.63. The Morgan fingerprint density at radius 3 is 2.44 bits per heavy atom. The van der Waals surface area contributed by atoms with Crippen molar-refractivity contribution in [2.45, 2.75) is 12.6 Å². The second-order valence-electron chi connectivity index (χ2n) is 6.85. The molecule has 4 rings (SSSR count). The van der Waals surface area contributed by atoms with Gasteiger partial charge in [-0.15, -0.1) is 0 Å². The maximum absolute atomic E-state index is 13.2. The molecule has 1 fully saturated rings. The fraction of sp³-hybridized carbons (Fsp3) is 0.400. The molecule has 0 bridgehead atoms. The molecule has 0 unspecified atom stereocenters. The molecular weight excluding hydrogens is 418 g/mol. The van der Waals surface area contributed by atoms with E-state index in [-0.39, 0.29) is 15.0 Å². The Hall–Kier alpha value is -1.53. The van der Waals surface area contributed by atoms with Crippen LogP contribution < -0.4 is 19.1 Å². The first kappa shape index (κ1) is 18.8. The van der Waals surface area contributed by atoms with Gasteiger partial charge in [-0.05, 0) is 0 Å². The van der Waals surface area contributed by atoms with Crippen LogP contribution in [0.3, 0.4) is 0 Å². The van der Waals surface area contributed by atoms with E-state index in [2.05, 4.69) is 21.2 Å². The topological polar surface area (TPSA) is 18.5 Å². The summed E-state index contributed by atoms with van der Waals surface area (Å²) in [5, 5.41) is 3.34. The third-order valence-electron chi connectivity index (χ3n) is 5.02. The van der Waals surface area contributed by atoms with E-state index in [1.807, 2.05) is 18.2 Å². The summed E-state index contributed by atoms with van der Waals surface area (Å²) in [7, 11) is 0. The Bertz CT molecular complexity index is 803. The summed E-state index contributed by atoms with van der Waals surface area (Å²) in [4.78, 5) is 4.51. The van der Waals surface area contributed by atoms with Crippen molar-refractivity contribution in [2.75, 3.05) is 44.2 Å². The van der Waals surface area contributed by atoms with E-state index >= 15 is 0 Å². The molecule has 0 spiro atoms. The Labute approximate surface area is 163 Å². The summed E-state index contributed by atoms with van der Waals surface area (Å²) in [5.41, 5.74) is 1.22. The van der Waals surface area contributed by atoms with Gasteiger partial charge in [-0.2, -0.15) is 0 Å². The minimum atomic E-state index is -4.31. The molecule has 7 heteroatoms. The molecule has 144 valence electrons. The maximum atomic E-state index is 13.2. The average Bonchev–Trinajstić information content (AvgIpc) is 2.67. The molecule has 1 N–H and O–H groups in total. The van der Waals surface area contributed by atoms with Crippen LogP contribution in [0.1, 0.15) is 12.0 Å². The van der Waals surface area contributed by atoms with Gasteiger partial charge in [0.1, 0.15) is 0 Å². The molecule has 2 aromatic rings. The van der Waals surface area contributed by atoms with E-state index in [1.165, 1.54) is 16.6 Å². The number of nitrogens with zero attached hydrogens (tertiary/aromatic N) is 2. The van der Waals surface area contributed by atoms with Gasteiger partial charge in [0.15, 0.2) is 0 Å². The van der Waals surface area contributed by atoms with E-state index in [1.54, 1.807) is 6.07 Å². The van der Waals surface area contributed by atoms with Gasteiger partial charge in [0.25, 0.3) is 0 Å². The molecular formula is C20H22F3N3Se. The van der Waals surface area contributed by atoms with Crippen molar-refractivity contribution < 1.29 is 13.2 Å². The standard InChI is InChI=1S/C20H22F3N3Se/c21-20(22,23)15-6-7-19-17(14-15)26(16-4-1-2-5-18(16)27-19)11-3-10-25-12-8-24-9-13-25/h1-2,4-7,14,24H,3,8-13H2. The van der Waals surface area contributed by atoms with Gasteiger partial charge in [-0.1, -0.05) is 0 Å². The Kier molecular flexibility index (Phi) is 5.46. The quantitative estimate of drug-likeness (QED) is 0.735. The van der Waals surface area contributed by atoms with Crippen molar-refractivity contribution in [3.8, 4) is 0 Å². The van der Waals surface area contributed by atoms with Gasteiger partial charge in [0.2, 0.25) is 0 Å². The van der Waals surface area contributed by atoms with Crippen LogP contribution in [0.4, 0.5) is 24.5 Å². The van der Waals surface area contributed by atoms with Crippen molar-refractivity contribution in [1.82, 2.24) is 10.2 Å². The van der Waals surface area contributed by atoms with Crippen LogP contribution >= 0.6 is 0 Å². The number of fused-ring (bicyclic) bond motifs is 2. The van der Waals surface area contributed by atoms with E-state index in [9.17, 15) is 13.2 Å². The van der Waals surface area contributed by atoms with E-state index in [4.69, 9.17) is 0 Å². The zero-order valence-electron chi connectivity index (χ0n) is 14.9. The number of rotatable bonds is 4. The van der Waals surface area contributed by atoms with Gasteiger partial charge in [-0.3, -0.25) is 0 Å². The molecule has 2 aromatic carbocycles. The fourth-order valence-corrected chi connectivity index (χ4v) is 5.89. The molecule has 2 aliphatic heterocycles. The molecule has 0 aliphatic carbocycles. The van der Waals surface area contributed by atoms with Gasteiger partial charge < -0.3 is 0 Å². The van der Waals surface area contributed by atoms with Crippen LogP contribution in [0.2, 0.25) is 0 Å². The van der Waals surface area contributed by atoms with Crippen molar-refractivity contribution in [1.29, 1.82) is 0 Å². The molecule has 0 radical (unpaired) electrons. The summed E-state index contributed by atoms with van der Waals surface area (Å²) >= 11 is 0.0328. The number of alkyl halides is 3. The van der Waals surface area contributed by atoms with Crippen LogP contribution in [0, 0.1) is 0 Å². The molecule has 2 aliphatic rings. The van der Waals surface area contributed by atoms with E-state index in [0.717, 1.165) is 61.5 Å². The molecule has 0 aromatic heterocycles.